The number of amides is 1. The van der Waals surface area contributed by atoms with Crippen molar-refractivity contribution in [3.05, 3.63) is 29.8 Å². The van der Waals surface area contributed by atoms with Crippen LogP contribution in [0.3, 0.4) is 0 Å². The zero-order chi connectivity index (χ0) is 20.2. The van der Waals surface area contributed by atoms with Crippen molar-refractivity contribution in [2.45, 2.75) is 25.7 Å². The number of rotatable bonds is 7. The molecule has 1 amide bonds. The van der Waals surface area contributed by atoms with Crippen molar-refractivity contribution in [3.8, 4) is 0 Å². The van der Waals surface area contributed by atoms with Crippen LogP contribution in [0.15, 0.2) is 29.2 Å². The minimum Gasteiger partial charge on any atom is -0.344 e. The number of benzene rings is 1. The minimum atomic E-state index is -3.48. The summed E-state index contributed by atoms with van der Waals surface area (Å²) in [6, 6.07) is 6.91. The lowest BCUT2D eigenvalue weighted by Crippen LogP contribution is -2.51. The minimum absolute atomic E-state index is 0.0337. The summed E-state index contributed by atoms with van der Waals surface area (Å²) >= 11 is 0. The van der Waals surface area contributed by atoms with Crippen molar-refractivity contribution in [1.82, 2.24) is 14.1 Å². The third kappa shape index (κ3) is 5.75. The first-order valence-corrected chi connectivity index (χ1v) is 10.7. The Morgan fingerprint density at radius 2 is 1.70 bits per heavy atom. The third-order valence-corrected chi connectivity index (χ3v) is 6.91. The molecule has 0 radical (unpaired) electrons. The maximum Gasteiger partial charge on any atom is 0.243 e. The molecule has 1 heterocycles. The standard InChI is InChI=1S/C19H32N4O3S/c1-16-5-7-17(8-6-16)27(25,26)23-11-9-22(10-12-23)13-18(24)21(4)15-19(2,3)14-20/h5-8H,9-15,20H2,1-4H3. The van der Waals surface area contributed by atoms with Gasteiger partial charge in [-0.1, -0.05) is 31.5 Å². The monoisotopic (exact) mass is 396 g/mol. The zero-order valence-electron chi connectivity index (χ0n) is 16.8. The lowest BCUT2D eigenvalue weighted by Gasteiger charge is -2.35. The molecule has 0 atom stereocenters. The fourth-order valence-electron chi connectivity index (χ4n) is 3.09. The van der Waals surface area contributed by atoms with Crippen LogP contribution in [0.4, 0.5) is 0 Å². The summed E-state index contributed by atoms with van der Waals surface area (Å²) in [5.74, 6) is 0.0337. The van der Waals surface area contributed by atoms with E-state index in [9.17, 15) is 13.2 Å². The quantitative estimate of drug-likeness (QED) is 0.735. The van der Waals surface area contributed by atoms with E-state index in [1.54, 1.807) is 36.2 Å². The molecule has 1 fully saturated rings. The molecule has 7 nitrogen and oxygen atoms in total. The van der Waals surface area contributed by atoms with E-state index in [-0.39, 0.29) is 11.3 Å². The van der Waals surface area contributed by atoms with Crippen molar-refractivity contribution in [3.63, 3.8) is 0 Å². The molecule has 0 spiro atoms. The van der Waals surface area contributed by atoms with Gasteiger partial charge in [0.2, 0.25) is 15.9 Å². The second-order valence-electron chi connectivity index (χ2n) is 8.11. The number of nitrogens with zero attached hydrogens (tertiary/aromatic N) is 3. The summed E-state index contributed by atoms with van der Waals surface area (Å²) in [6.07, 6.45) is 0. The molecule has 0 unspecified atom stereocenters. The number of carbonyl (C=O) groups excluding carboxylic acids is 1. The Bertz CT molecular complexity index is 739. The first-order chi connectivity index (χ1) is 12.5. The van der Waals surface area contributed by atoms with Crippen LogP contribution >= 0.6 is 0 Å². The number of carbonyl (C=O) groups is 1. The summed E-state index contributed by atoms with van der Waals surface area (Å²) in [6.45, 7) is 9.29. The number of hydrogen-bond donors (Lipinski definition) is 1. The van der Waals surface area contributed by atoms with Crippen LogP contribution in [0.25, 0.3) is 0 Å². The van der Waals surface area contributed by atoms with Crippen molar-refractivity contribution in [2.24, 2.45) is 11.1 Å². The van der Waals surface area contributed by atoms with Crippen molar-refractivity contribution < 1.29 is 13.2 Å². The van der Waals surface area contributed by atoms with E-state index in [2.05, 4.69) is 0 Å². The number of likely N-dealkylation sites (N-methyl/N-ethyl adjacent to an activating group) is 1. The molecule has 8 heteroatoms. The highest BCUT2D eigenvalue weighted by Crippen LogP contribution is 2.18. The molecule has 2 N–H and O–H groups in total. The molecule has 1 saturated heterocycles. The second kappa shape index (κ2) is 8.68. The van der Waals surface area contributed by atoms with Gasteiger partial charge in [0.25, 0.3) is 0 Å². The molecule has 0 aromatic heterocycles. The van der Waals surface area contributed by atoms with Gasteiger partial charge >= 0.3 is 0 Å². The van der Waals surface area contributed by atoms with E-state index in [1.165, 1.54) is 4.31 Å². The summed E-state index contributed by atoms with van der Waals surface area (Å²) in [5.41, 5.74) is 6.65. The number of sulfonamides is 1. The number of piperazine rings is 1. The van der Waals surface area contributed by atoms with Crippen LogP contribution < -0.4 is 5.73 Å². The second-order valence-corrected chi connectivity index (χ2v) is 10.0. The Labute approximate surface area is 163 Å². The summed E-state index contributed by atoms with van der Waals surface area (Å²) < 4.78 is 27.0. The van der Waals surface area contributed by atoms with Crippen molar-refractivity contribution >= 4 is 15.9 Å². The van der Waals surface area contributed by atoms with Gasteiger partial charge in [0.1, 0.15) is 0 Å². The van der Waals surface area contributed by atoms with Gasteiger partial charge in [0, 0.05) is 39.8 Å². The highest BCUT2D eigenvalue weighted by molar-refractivity contribution is 7.89. The van der Waals surface area contributed by atoms with E-state index in [4.69, 9.17) is 5.73 Å². The topological polar surface area (TPSA) is 87.0 Å². The SMILES string of the molecule is Cc1ccc(S(=O)(=O)N2CCN(CC(=O)N(C)CC(C)(C)CN)CC2)cc1. The van der Waals surface area contributed by atoms with Crippen LogP contribution in [0.5, 0.6) is 0 Å². The average molecular weight is 397 g/mol. The molecule has 1 aliphatic heterocycles. The Hall–Kier alpha value is -1.48. The number of nitrogens with two attached hydrogens (primary N) is 1. The van der Waals surface area contributed by atoms with Crippen molar-refractivity contribution in [1.29, 1.82) is 0 Å². The highest BCUT2D eigenvalue weighted by atomic mass is 32.2. The maximum absolute atomic E-state index is 12.7. The average Bonchev–Trinajstić information content (AvgIpc) is 2.62. The van der Waals surface area contributed by atoms with Crippen LogP contribution in [-0.2, 0) is 14.8 Å². The summed E-state index contributed by atoms with van der Waals surface area (Å²) in [7, 11) is -1.69. The lowest BCUT2D eigenvalue weighted by molar-refractivity contribution is -0.132. The molecular formula is C19H32N4O3S. The molecule has 0 aliphatic carbocycles. The van der Waals surface area contributed by atoms with E-state index in [0.717, 1.165) is 5.56 Å². The first-order valence-electron chi connectivity index (χ1n) is 9.28. The summed E-state index contributed by atoms with van der Waals surface area (Å²) in [5, 5.41) is 0. The Kier molecular flexibility index (Phi) is 7.02. The maximum atomic E-state index is 12.7. The van der Waals surface area contributed by atoms with Gasteiger partial charge in [-0.15, -0.1) is 0 Å². The van der Waals surface area contributed by atoms with Crippen LogP contribution in [0.2, 0.25) is 0 Å². The van der Waals surface area contributed by atoms with E-state index in [0.29, 0.717) is 50.7 Å². The first kappa shape index (κ1) is 21.8. The molecule has 27 heavy (non-hydrogen) atoms. The summed E-state index contributed by atoms with van der Waals surface area (Å²) in [4.78, 5) is 16.5. The van der Waals surface area contributed by atoms with Gasteiger partial charge in [-0.05, 0) is 31.0 Å². The van der Waals surface area contributed by atoms with Gasteiger partial charge in [-0.2, -0.15) is 4.31 Å². The fraction of sp³-hybridized carbons (Fsp3) is 0.632. The Morgan fingerprint density at radius 3 is 2.22 bits per heavy atom. The van der Waals surface area contributed by atoms with E-state index in [1.807, 2.05) is 25.7 Å². The van der Waals surface area contributed by atoms with Gasteiger partial charge in [-0.25, -0.2) is 8.42 Å². The fourth-order valence-corrected chi connectivity index (χ4v) is 4.52. The molecule has 0 saturated carbocycles. The molecular weight excluding hydrogens is 364 g/mol. The lowest BCUT2D eigenvalue weighted by atomic mass is 9.93. The number of hydrogen-bond acceptors (Lipinski definition) is 5. The van der Waals surface area contributed by atoms with Crippen LogP contribution in [-0.4, -0.2) is 81.3 Å². The molecule has 1 aromatic rings. The smallest absolute Gasteiger partial charge is 0.243 e. The van der Waals surface area contributed by atoms with Gasteiger partial charge in [0.15, 0.2) is 0 Å². The highest BCUT2D eigenvalue weighted by Gasteiger charge is 2.30. The zero-order valence-corrected chi connectivity index (χ0v) is 17.6. The van der Waals surface area contributed by atoms with Gasteiger partial charge in [0.05, 0.1) is 11.4 Å². The molecule has 152 valence electrons. The van der Waals surface area contributed by atoms with E-state index >= 15 is 0 Å². The van der Waals surface area contributed by atoms with Gasteiger partial charge < -0.3 is 10.6 Å². The largest absolute Gasteiger partial charge is 0.344 e. The van der Waals surface area contributed by atoms with Crippen LogP contribution in [0, 0.1) is 12.3 Å². The molecule has 2 rings (SSSR count). The predicted molar refractivity (Wildman–Crippen MR) is 107 cm³/mol. The predicted octanol–water partition coefficient (Wildman–Crippen LogP) is 0.745. The molecule has 1 aliphatic rings. The van der Waals surface area contributed by atoms with E-state index < -0.39 is 10.0 Å². The Morgan fingerprint density at radius 1 is 1.15 bits per heavy atom. The third-order valence-electron chi connectivity index (χ3n) is 4.99. The molecule has 0 bridgehead atoms. The van der Waals surface area contributed by atoms with Crippen LogP contribution in [0.1, 0.15) is 19.4 Å². The molecule has 1 aromatic carbocycles. The Balaban J connectivity index is 1.89. The van der Waals surface area contributed by atoms with Gasteiger partial charge in [-0.3, -0.25) is 9.69 Å². The normalized spacial score (nSPS) is 17.1. The van der Waals surface area contributed by atoms with Crippen molar-refractivity contribution in [2.75, 3.05) is 52.9 Å². The number of aryl methyl sites for hydroxylation is 1.